The molecule has 0 saturated carbocycles. The van der Waals surface area contributed by atoms with E-state index in [1.54, 1.807) is 12.1 Å². The molecular formula is C13H16N4. The molecule has 17 heavy (non-hydrogen) atoms. The third-order valence-corrected chi connectivity index (χ3v) is 2.95. The number of benzene rings is 2. The van der Waals surface area contributed by atoms with E-state index in [-0.39, 0.29) is 0 Å². The Balaban J connectivity index is 2.61. The van der Waals surface area contributed by atoms with E-state index in [4.69, 9.17) is 22.9 Å². The molecule has 0 amide bonds. The minimum Gasteiger partial charge on any atom is -0.397 e. The summed E-state index contributed by atoms with van der Waals surface area (Å²) in [5.74, 6) is 0. The molecule has 0 unspecified atom stereocenters. The van der Waals surface area contributed by atoms with Gasteiger partial charge < -0.3 is 22.9 Å². The molecule has 0 aliphatic carbocycles. The van der Waals surface area contributed by atoms with Crippen molar-refractivity contribution >= 4 is 22.7 Å². The molecule has 0 atom stereocenters. The fraction of sp³-hybridized carbons (Fsp3) is 0.0769. The van der Waals surface area contributed by atoms with Crippen molar-refractivity contribution < 1.29 is 0 Å². The van der Waals surface area contributed by atoms with Gasteiger partial charge in [0, 0.05) is 0 Å². The van der Waals surface area contributed by atoms with E-state index in [2.05, 4.69) is 0 Å². The van der Waals surface area contributed by atoms with Gasteiger partial charge in [-0.1, -0.05) is 12.1 Å². The van der Waals surface area contributed by atoms with Crippen LogP contribution in [0.2, 0.25) is 0 Å². The summed E-state index contributed by atoms with van der Waals surface area (Å²) >= 11 is 0. The van der Waals surface area contributed by atoms with Gasteiger partial charge >= 0.3 is 0 Å². The summed E-state index contributed by atoms with van der Waals surface area (Å²) in [6, 6.07) is 9.28. The van der Waals surface area contributed by atoms with Crippen LogP contribution in [-0.4, -0.2) is 0 Å². The average Bonchev–Trinajstić information content (AvgIpc) is 2.30. The van der Waals surface area contributed by atoms with E-state index in [1.165, 1.54) is 0 Å². The van der Waals surface area contributed by atoms with Crippen molar-refractivity contribution in [2.75, 3.05) is 22.9 Å². The van der Waals surface area contributed by atoms with E-state index >= 15 is 0 Å². The highest BCUT2D eigenvalue weighted by Crippen LogP contribution is 2.32. The van der Waals surface area contributed by atoms with Crippen LogP contribution >= 0.6 is 0 Å². The van der Waals surface area contributed by atoms with Gasteiger partial charge in [-0.3, -0.25) is 0 Å². The minimum absolute atomic E-state index is 0.567. The third-order valence-electron chi connectivity index (χ3n) is 2.95. The average molecular weight is 228 g/mol. The van der Waals surface area contributed by atoms with E-state index in [0.29, 0.717) is 22.7 Å². The normalized spacial score (nSPS) is 10.4. The van der Waals surface area contributed by atoms with Crippen LogP contribution in [0.4, 0.5) is 22.7 Å². The first-order valence-corrected chi connectivity index (χ1v) is 5.30. The third kappa shape index (κ3) is 1.85. The largest absolute Gasteiger partial charge is 0.397 e. The molecule has 0 aliphatic rings. The molecule has 4 nitrogen and oxygen atoms in total. The first-order chi connectivity index (χ1) is 8.00. The van der Waals surface area contributed by atoms with Crippen LogP contribution in [-0.2, 0) is 0 Å². The van der Waals surface area contributed by atoms with Gasteiger partial charge in [0.05, 0.1) is 22.7 Å². The maximum absolute atomic E-state index is 5.91. The first kappa shape index (κ1) is 11.1. The summed E-state index contributed by atoms with van der Waals surface area (Å²) in [5.41, 5.74) is 28.4. The number of hydrogen-bond donors (Lipinski definition) is 4. The van der Waals surface area contributed by atoms with Crippen molar-refractivity contribution in [1.29, 1.82) is 0 Å². The monoisotopic (exact) mass is 228 g/mol. The minimum atomic E-state index is 0.567. The van der Waals surface area contributed by atoms with Gasteiger partial charge in [-0.05, 0) is 41.8 Å². The van der Waals surface area contributed by atoms with Gasteiger partial charge in [-0.2, -0.15) is 0 Å². The molecule has 0 aromatic heterocycles. The van der Waals surface area contributed by atoms with E-state index < -0.39 is 0 Å². The number of hydrogen-bond acceptors (Lipinski definition) is 4. The standard InChI is InChI=1S/C13H16N4/c1-7-9(3-5-11(15)13(7)17)8-2-4-10(14)12(16)6-8/h2-6H,14-17H2,1H3. The van der Waals surface area contributed by atoms with Gasteiger partial charge in [-0.15, -0.1) is 0 Å². The van der Waals surface area contributed by atoms with Crippen LogP contribution in [0.25, 0.3) is 11.1 Å². The molecule has 0 saturated heterocycles. The topological polar surface area (TPSA) is 104 Å². The van der Waals surface area contributed by atoms with Crippen molar-refractivity contribution in [3.63, 3.8) is 0 Å². The maximum atomic E-state index is 5.91. The van der Waals surface area contributed by atoms with Crippen LogP contribution in [0, 0.1) is 6.92 Å². The summed E-state index contributed by atoms with van der Waals surface area (Å²) < 4.78 is 0. The van der Waals surface area contributed by atoms with Gasteiger partial charge in [0.25, 0.3) is 0 Å². The molecule has 0 fully saturated rings. The molecule has 8 N–H and O–H groups in total. The summed E-state index contributed by atoms with van der Waals surface area (Å²) in [5, 5.41) is 0. The lowest BCUT2D eigenvalue weighted by atomic mass is 9.98. The first-order valence-electron chi connectivity index (χ1n) is 5.30. The van der Waals surface area contributed by atoms with Crippen LogP contribution in [0.5, 0.6) is 0 Å². The van der Waals surface area contributed by atoms with Crippen LogP contribution < -0.4 is 22.9 Å². The molecular weight excluding hydrogens is 212 g/mol. The zero-order valence-electron chi connectivity index (χ0n) is 9.70. The Bertz CT molecular complexity index is 576. The highest BCUT2D eigenvalue weighted by Gasteiger charge is 2.08. The van der Waals surface area contributed by atoms with Gasteiger partial charge in [0.1, 0.15) is 0 Å². The van der Waals surface area contributed by atoms with Crippen molar-refractivity contribution in [2.45, 2.75) is 6.92 Å². The molecule has 4 heteroatoms. The molecule has 0 bridgehead atoms. The van der Waals surface area contributed by atoms with E-state index in [9.17, 15) is 0 Å². The second-order valence-electron chi connectivity index (χ2n) is 4.08. The van der Waals surface area contributed by atoms with Crippen molar-refractivity contribution in [2.24, 2.45) is 0 Å². The quantitative estimate of drug-likeness (QED) is 0.560. The molecule has 2 aromatic rings. The summed E-state index contributed by atoms with van der Waals surface area (Å²) in [6.45, 7) is 1.94. The Morgan fingerprint density at radius 1 is 0.765 bits per heavy atom. The Morgan fingerprint density at radius 3 is 2.06 bits per heavy atom. The van der Waals surface area contributed by atoms with E-state index in [0.717, 1.165) is 16.7 Å². The smallest absolute Gasteiger partial charge is 0.0583 e. The zero-order chi connectivity index (χ0) is 12.6. The Labute approximate surface area is 100 Å². The van der Waals surface area contributed by atoms with Crippen LogP contribution in [0.3, 0.4) is 0 Å². The fourth-order valence-corrected chi connectivity index (χ4v) is 1.80. The lowest BCUT2D eigenvalue weighted by Crippen LogP contribution is -1.99. The van der Waals surface area contributed by atoms with Crippen LogP contribution in [0.15, 0.2) is 30.3 Å². The second kappa shape index (κ2) is 3.90. The summed E-state index contributed by atoms with van der Waals surface area (Å²) in [4.78, 5) is 0. The Hall–Kier alpha value is -2.36. The maximum Gasteiger partial charge on any atom is 0.0583 e. The molecule has 88 valence electrons. The van der Waals surface area contributed by atoms with Gasteiger partial charge in [-0.25, -0.2) is 0 Å². The predicted octanol–water partition coefficient (Wildman–Crippen LogP) is 1.99. The van der Waals surface area contributed by atoms with E-state index in [1.807, 2.05) is 25.1 Å². The van der Waals surface area contributed by atoms with Crippen molar-refractivity contribution in [3.8, 4) is 11.1 Å². The number of nitrogen functional groups attached to an aromatic ring is 4. The lowest BCUT2D eigenvalue weighted by Gasteiger charge is -2.12. The SMILES string of the molecule is Cc1c(-c2ccc(N)c(N)c2)ccc(N)c1N. The van der Waals surface area contributed by atoms with Crippen molar-refractivity contribution in [3.05, 3.63) is 35.9 Å². The molecule has 2 aromatic carbocycles. The highest BCUT2D eigenvalue weighted by atomic mass is 14.7. The highest BCUT2D eigenvalue weighted by molar-refractivity contribution is 5.82. The molecule has 0 spiro atoms. The predicted molar refractivity (Wildman–Crippen MR) is 74.3 cm³/mol. The molecule has 0 aliphatic heterocycles. The zero-order valence-corrected chi connectivity index (χ0v) is 9.70. The Kier molecular flexibility index (Phi) is 2.55. The summed E-state index contributed by atoms with van der Waals surface area (Å²) in [6.07, 6.45) is 0. The number of nitrogens with two attached hydrogens (primary N) is 4. The van der Waals surface area contributed by atoms with Gasteiger partial charge in [0.15, 0.2) is 0 Å². The van der Waals surface area contributed by atoms with Gasteiger partial charge in [0.2, 0.25) is 0 Å². The lowest BCUT2D eigenvalue weighted by molar-refractivity contribution is 1.46. The second-order valence-corrected chi connectivity index (χ2v) is 4.08. The number of rotatable bonds is 1. The number of anilines is 4. The fourth-order valence-electron chi connectivity index (χ4n) is 1.80. The molecule has 0 heterocycles. The molecule has 2 rings (SSSR count). The Morgan fingerprint density at radius 2 is 1.41 bits per heavy atom. The van der Waals surface area contributed by atoms with Crippen molar-refractivity contribution in [1.82, 2.24) is 0 Å². The summed E-state index contributed by atoms with van der Waals surface area (Å²) in [7, 11) is 0. The van der Waals surface area contributed by atoms with Crippen LogP contribution in [0.1, 0.15) is 5.56 Å². The molecule has 0 radical (unpaired) electrons.